The molecule has 1 aromatic carbocycles. The Morgan fingerprint density at radius 1 is 1.41 bits per heavy atom. The number of likely N-dealkylation sites (N-methyl/N-ethyl adjacent to an activating group) is 1. The Bertz CT molecular complexity index is 603. The Kier molecular flexibility index (Phi) is 5.18. The Morgan fingerprint density at radius 2 is 2.14 bits per heavy atom. The van der Waals surface area contributed by atoms with Crippen molar-refractivity contribution in [2.75, 3.05) is 32.1 Å². The van der Waals surface area contributed by atoms with Crippen molar-refractivity contribution in [1.29, 1.82) is 0 Å². The molecule has 1 N–H and O–H groups in total. The van der Waals surface area contributed by atoms with E-state index in [0.29, 0.717) is 13.0 Å². The predicted molar refractivity (Wildman–Crippen MR) is 86.3 cm³/mol. The Morgan fingerprint density at radius 3 is 2.77 bits per heavy atom. The Balaban J connectivity index is 1.99. The second-order valence-corrected chi connectivity index (χ2v) is 6.23. The van der Waals surface area contributed by atoms with Gasteiger partial charge < -0.3 is 15.1 Å². The smallest absolute Gasteiger partial charge is 0.241 e. The Hall–Kier alpha value is -1.89. The van der Waals surface area contributed by atoms with E-state index in [1.165, 1.54) is 4.90 Å². The van der Waals surface area contributed by atoms with Gasteiger partial charge >= 0.3 is 0 Å². The van der Waals surface area contributed by atoms with Crippen LogP contribution in [0.4, 0.5) is 5.69 Å². The fourth-order valence-corrected chi connectivity index (χ4v) is 2.65. The van der Waals surface area contributed by atoms with Crippen LogP contribution in [0.3, 0.4) is 0 Å². The zero-order chi connectivity index (χ0) is 16.3. The number of benzene rings is 1. The van der Waals surface area contributed by atoms with Gasteiger partial charge in [-0.2, -0.15) is 0 Å². The molecule has 0 radical (unpaired) electrons. The summed E-state index contributed by atoms with van der Waals surface area (Å²) in [6.07, 6.45) is 0.452. The van der Waals surface area contributed by atoms with Crippen molar-refractivity contribution in [3.05, 3.63) is 28.7 Å². The molecule has 1 fully saturated rings. The number of hydrogen-bond donors (Lipinski definition) is 1. The summed E-state index contributed by atoms with van der Waals surface area (Å²) in [4.78, 5) is 39.0. The molecule has 22 heavy (non-hydrogen) atoms. The van der Waals surface area contributed by atoms with Crippen LogP contribution in [0.1, 0.15) is 6.42 Å². The van der Waals surface area contributed by atoms with E-state index in [9.17, 15) is 14.4 Å². The SMILES string of the molecule is CN(C)C(=O)CNC(=O)C1CCN(c2cccc(Br)c2)C1=O. The molecule has 0 aliphatic carbocycles. The second-order valence-electron chi connectivity index (χ2n) is 5.32. The van der Waals surface area contributed by atoms with Gasteiger partial charge in [0.15, 0.2) is 0 Å². The van der Waals surface area contributed by atoms with Crippen molar-refractivity contribution in [2.24, 2.45) is 5.92 Å². The molecule has 1 saturated heterocycles. The number of rotatable bonds is 4. The fourth-order valence-electron chi connectivity index (χ4n) is 2.27. The van der Waals surface area contributed by atoms with Crippen LogP contribution in [-0.4, -0.2) is 49.8 Å². The minimum Gasteiger partial charge on any atom is -0.347 e. The van der Waals surface area contributed by atoms with Gasteiger partial charge in [-0.15, -0.1) is 0 Å². The monoisotopic (exact) mass is 367 g/mol. The van der Waals surface area contributed by atoms with E-state index in [2.05, 4.69) is 21.2 Å². The van der Waals surface area contributed by atoms with Crippen molar-refractivity contribution in [3.63, 3.8) is 0 Å². The molecular formula is C15H18BrN3O3. The first-order chi connectivity index (χ1) is 10.4. The summed E-state index contributed by atoms with van der Waals surface area (Å²) in [7, 11) is 3.23. The van der Waals surface area contributed by atoms with Crippen LogP contribution < -0.4 is 10.2 Å². The summed E-state index contributed by atoms with van der Waals surface area (Å²) >= 11 is 3.37. The highest BCUT2D eigenvalue weighted by Gasteiger charge is 2.37. The molecule has 3 amide bonds. The maximum absolute atomic E-state index is 12.4. The molecule has 2 rings (SSSR count). The molecule has 1 aromatic rings. The summed E-state index contributed by atoms with van der Waals surface area (Å²) < 4.78 is 0.877. The maximum Gasteiger partial charge on any atom is 0.241 e. The predicted octanol–water partition coefficient (Wildman–Crippen LogP) is 1.01. The number of nitrogens with zero attached hydrogens (tertiary/aromatic N) is 2. The zero-order valence-electron chi connectivity index (χ0n) is 12.5. The van der Waals surface area contributed by atoms with Gasteiger partial charge in [0.2, 0.25) is 17.7 Å². The summed E-state index contributed by atoms with van der Waals surface area (Å²) in [5.41, 5.74) is 0.763. The molecule has 6 nitrogen and oxygen atoms in total. The normalized spacial score (nSPS) is 17.5. The average Bonchev–Trinajstić information content (AvgIpc) is 2.86. The molecule has 0 spiro atoms. The molecule has 1 aliphatic rings. The van der Waals surface area contributed by atoms with Gasteiger partial charge in [-0.25, -0.2) is 0 Å². The number of nitrogens with one attached hydrogen (secondary N) is 1. The van der Waals surface area contributed by atoms with Gasteiger partial charge in [-0.3, -0.25) is 14.4 Å². The number of carbonyl (C=O) groups excluding carboxylic acids is 3. The fraction of sp³-hybridized carbons (Fsp3) is 0.400. The molecule has 7 heteroatoms. The molecule has 1 aliphatic heterocycles. The molecular weight excluding hydrogens is 350 g/mol. The lowest BCUT2D eigenvalue weighted by Gasteiger charge is -2.17. The largest absolute Gasteiger partial charge is 0.347 e. The lowest BCUT2D eigenvalue weighted by atomic mass is 10.1. The molecule has 0 aromatic heterocycles. The first kappa shape index (κ1) is 16.5. The van der Waals surface area contributed by atoms with Gasteiger partial charge in [0.1, 0.15) is 5.92 Å². The van der Waals surface area contributed by atoms with Crippen LogP contribution in [0.5, 0.6) is 0 Å². The van der Waals surface area contributed by atoms with Crippen molar-refractivity contribution in [2.45, 2.75) is 6.42 Å². The third kappa shape index (κ3) is 3.65. The van der Waals surface area contributed by atoms with Crippen LogP contribution in [0.15, 0.2) is 28.7 Å². The number of halogens is 1. The van der Waals surface area contributed by atoms with Crippen molar-refractivity contribution >= 4 is 39.3 Å². The van der Waals surface area contributed by atoms with E-state index in [4.69, 9.17) is 0 Å². The number of carbonyl (C=O) groups is 3. The van der Waals surface area contributed by atoms with Gasteiger partial charge in [0.25, 0.3) is 0 Å². The minimum absolute atomic E-state index is 0.0908. The summed E-state index contributed by atoms with van der Waals surface area (Å²) in [5.74, 6) is -1.55. The quantitative estimate of drug-likeness (QED) is 0.807. The number of amides is 3. The first-order valence-corrected chi connectivity index (χ1v) is 7.74. The third-order valence-electron chi connectivity index (χ3n) is 3.55. The van der Waals surface area contributed by atoms with E-state index in [-0.39, 0.29) is 18.4 Å². The Labute approximate surface area is 137 Å². The molecule has 0 bridgehead atoms. The average molecular weight is 368 g/mol. The highest BCUT2D eigenvalue weighted by atomic mass is 79.9. The van der Waals surface area contributed by atoms with Gasteiger partial charge in [-0.1, -0.05) is 22.0 Å². The second kappa shape index (κ2) is 6.91. The lowest BCUT2D eigenvalue weighted by Crippen LogP contribution is -2.41. The van der Waals surface area contributed by atoms with Gasteiger partial charge in [0, 0.05) is 30.8 Å². The zero-order valence-corrected chi connectivity index (χ0v) is 14.1. The van der Waals surface area contributed by atoms with Crippen molar-refractivity contribution < 1.29 is 14.4 Å². The summed E-state index contributed by atoms with van der Waals surface area (Å²) in [6, 6.07) is 7.39. The van der Waals surface area contributed by atoms with E-state index in [1.54, 1.807) is 19.0 Å². The summed E-state index contributed by atoms with van der Waals surface area (Å²) in [6.45, 7) is 0.404. The highest BCUT2D eigenvalue weighted by Crippen LogP contribution is 2.27. The summed E-state index contributed by atoms with van der Waals surface area (Å²) in [5, 5.41) is 2.53. The molecule has 1 atom stereocenters. The van der Waals surface area contributed by atoms with E-state index in [0.717, 1.165) is 10.2 Å². The maximum atomic E-state index is 12.4. The van der Waals surface area contributed by atoms with Crippen LogP contribution in [-0.2, 0) is 14.4 Å². The van der Waals surface area contributed by atoms with E-state index >= 15 is 0 Å². The van der Waals surface area contributed by atoms with E-state index in [1.807, 2.05) is 24.3 Å². The number of anilines is 1. The molecule has 1 heterocycles. The van der Waals surface area contributed by atoms with Crippen LogP contribution >= 0.6 is 15.9 Å². The topological polar surface area (TPSA) is 69.7 Å². The number of hydrogen-bond acceptors (Lipinski definition) is 3. The standard InChI is InChI=1S/C15H18BrN3O3/c1-18(2)13(20)9-17-14(21)12-6-7-19(15(12)22)11-5-3-4-10(16)8-11/h3-5,8,12H,6-7,9H2,1-2H3,(H,17,21). The van der Waals surface area contributed by atoms with Crippen molar-refractivity contribution in [1.82, 2.24) is 10.2 Å². The lowest BCUT2D eigenvalue weighted by molar-refractivity contribution is -0.135. The highest BCUT2D eigenvalue weighted by molar-refractivity contribution is 9.10. The first-order valence-electron chi connectivity index (χ1n) is 6.95. The molecule has 118 valence electrons. The molecule has 0 saturated carbocycles. The third-order valence-corrected chi connectivity index (χ3v) is 4.05. The molecule has 1 unspecified atom stereocenters. The van der Waals surface area contributed by atoms with Crippen LogP contribution in [0, 0.1) is 5.92 Å². The van der Waals surface area contributed by atoms with E-state index < -0.39 is 11.8 Å². The van der Waals surface area contributed by atoms with Crippen molar-refractivity contribution in [3.8, 4) is 0 Å². The van der Waals surface area contributed by atoms with Gasteiger partial charge in [0.05, 0.1) is 6.54 Å². The van der Waals surface area contributed by atoms with Gasteiger partial charge in [-0.05, 0) is 24.6 Å². The minimum atomic E-state index is -0.728. The van der Waals surface area contributed by atoms with Crippen LogP contribution in [0.25, 0.3) is 0 Å². The van der Waals surface area contributed by atoms with Crippen LogP contribution in [0.2, 0.25) is 0 Å².